The molecule has 2 heterocycles. The summed E-state index contributed by atoms with van der Waals surface area (Å²) in [4.78, 5) is 29.7. The zero-order chi connectivity index (χ0) is 24.2. The van der Waals surface area contributed by atoms with Gasteiger partial charge >= 0.3 is 0 Å². The minimum atomic E-state index is -0.392. The number of benzene rings is 2. The summed E-state index contributed by atoms with van der Waals surface area (Å²) >= 11 is 0. The van der Waals surface area contributed by atoms with Gasteiger partial charge in [-0.15, -0.1) is 0 Å². The molecule has 1 saturated carbocycles. The number of anilines is 1. The van der Waals surface area contributed by atoms with E-state index in [0.29, 0.717) is 18.7 Å². The van der Waals surface area contributed by atoms with E-state index in [2.05, 4.69) is 15.6 Å². The van der Waals surface area contributed by atoms with Crippen LogP contribution >= 0.6 is 0 Å². The number of nitrogens with one attached hydrogen (secondary N) is 2. The first-order valence-corrected chi connectivity index (χ1v) is 12.4. The smallest absolute Gasteiger partial charge is 0.225 e. The van der Waals surface area contributed by atoms with E-state index in [1.54, 1.807) is 13.3 Å². The lowest BCUT2D eigenvalue weighted by Crippen LogP contribution is -2.42. The number of carbonyl (C=O) groups excluding carboxylic acids is 2. The fourth-order valence-electron chi connectivity index (χ4n) is 5.15. The number of methoxy groups -OCH3 is 1. The van der Waals surface area contributed by atoms with Gasteiger partial charge in [0.05, 0.1) is 18.7 Å². The molecule has 3 aromatic rings. The summed E-state index contributed by atoms with van der Waals surface area (Å²) in [6.45, 7) is 0.545. The molecule has 1 saturated heterocycles. The van der Waals surface area contributed by atoms with E-state index in [1.807, 2.05) is 48.5 Å². The number of piperidine rings is 1. The molecule has 7 nitrogen and oxygen atoms in total. The van der Waals surface area contributed by atoms with Gasteiger partial charge in [-0.25, -0.2) is 0 Å². The van der Waals surface area contributed by atoms with Crippen LogP contribution in [0.15, 0.2) is 54.7 Å². The maximum Gasteiger partial charge on any atom is 0.225 e. The second-order valence-corrected chi connectivity index (χ2v) is 9.47. The summed E-state index contributed by atoms with van der Waals surface area (Å²) in [5, 5.41) is 6.89. The molecule has 2 atom stereocenters. The largest absolute Gasteiger partial charge is 0.493 e. The highest BCUT2D eigenvalue weighted by Gasteiger charge is 2.31. The molecule has 2 fully saturated rings. The van der Waals surface area contributed by atoms with Gasteiger partial charge in [-0.1, -0.05) is 12.1 Å². The highest BCUT2D eigenvalue weighted by molar-refractivity contribution is 5.96. The summed E-state index contributed by atoms with van der Waals surface area (Å²) < 4.78 is 11.8. The number of fused-ring (bicyclic) bond motifs is 1. The Hall–Kier alpha value is -3.61. The fraction of sp³-hybridized carbons (Fsp3) is 0.393. The molecule has 0 radical (unpaired) electrons. The number of hydrogen-bond acceptors (Lipinski definition) is 5. The van der Waals surface area contributed by atoms with Crippen molar-refractivity contribution < 1.29 is 19.1 Å². The summed E-state index contributed by atoms with van der Waals surface area (Å²) in [7, 11) is 1.65. The second kappa shape index (κ2) is 10.3. The Morgan fingerprint density at radius 1 is 1.11 bits per heavy atom. The average molecular weight is 474 g/mol. The van der Waals surface area contributed by atoms with Crippen LogP contribution in [0.2, 0.25) is 0 Å². The van der Waals surface area contributed by atoms with Gasteiger partial charge in [-0.05, 0) is 74.1 Å². The van der Waals surface area contributed by atoms with Gasteiger partial charge in [-0.2, -0.15) is 0 Å². The van der Waals surface area contributed by atoms with Crippen LogP contribution in [-0.4, -0.2) is 36.6 Å². The second-order valence-electron chi connectivity index (χ2n) is 9.47. The molecule has 0 spiro atoms. The van der Waals surface area contributed by atoms with Gasteiger partial charge in [0.15, 0.2) is 11.5 Å². The number of rotatable bonds is 7. The van der Waals surface area contributed by atoms with E-state index in [4.69, 9.17) is 9.47 Å². The number of nitrogens with zero attached hydrogens (tertiary/aromatic N) is 1. The minimum Gasteiger partial charge on any atom is -0.493 e. The number of ether oxygens (including phenoxy) is 2. The van der Waals surface area contributed by atoms with E-state index in [9.17, 15) is 9.59 Å². The van der Waals surface area contributed by atoms with Crippen molar-refractivity contribution in [2.45, 2.75) is 50.5 Å². The van der Waals surface area contributed by atoms with Crippen LogP contribution in [0.3, 0.4) is 0 Å². The zero-order valence-electron chi connectivity index (χ0n) is 20.0. The first-order valence-electron chi connectivity index (χ1n) is 12.4. The van der Waals surface area contributed by atoms with Crippen molar-refractivity contribution in [3.05, 3.63) is 60.3 Å². The molecule has 1 aliphatic heterocycles. The highest BCUT2D eigenvalue weighted by atomic mass is 16.5. The number of pyridine rings is 1. The third-order valence-corrected chi connectivity index (χ3v) is 7.04. The third-order valence-electron chi connectivity index (χ3n) is 7.04. The molecule has 1 aliphatic carbocycles. The Morgan fingerprint density at radius 3 is 2.80 bits per heavy atom. The van der Waals surface area contributed by atoms with Crippen LogP contribution in [-0.2, 0) is 9.59 Å². The molecule has 182 valence electrons. The van der Waals surface area contributed by atoms with Crippen LogP contribution in [0.5, 0.6) is 11.5 Å². The van der Waals surface area contributed by atoms with Gasteiger partial charge < -0.3 is 20.1 Å². The summed E-state index contributed by atoms with van der Waals surface area (Å²) in [5.74, 6) is 0.950. The van der Waals surface area contributed by atoms with Crippen LogP contribution in [0, 0.1) is 5.92 Å². The lowest BCUT2D eigenvalue weighted by molar-refractivity contribution is -0.130. The Labute approximate surface area is 205 Å². The SMILES string of the molecule is COc1ccc(C2CNC(=O)C(CC(=O)Nc3ccc4ncccc4c3)C2)cc1OC1CCCC1. The van der Waals surface area contributed by atoms with Crippen molar-refractivity contribution in [1.82, 2.24) is 10.3 Å². The standard InChI is InChI=1S/C28H31N3O4/c1-34-25-11-8-18(15-26(25)35-23-6-2-3-7-23)21-13-20(28(33)30-17-21)16-27(32)31-22-9-10-24-19(14-22)5-4-12-29-24/h4-5,8-12,14-15,20-21,23H,2-3,6-7,13,16-17H2,1H3,(H,30,33)(H,31,32). The van der Waals surface area contributed by atoms with Gasteiger partial charge in [-0.3, -0.25) is 14.6 Å². The van der Waals surface area contributed by atoms with Crippen molar-refractivity contribution in [3.8, 4) is 11.5 Å². The molecule has 2 N–H and O–H groups in total. The monoisotopic (exact) mass is 473 g/mol. The van der Waals surface area contributed by atoms with E-state index >= 15 is 0 Å². The first kappa shape index (κ1) is 23.1. The molecular weight excluding hydrogens is 442 g/mol. The van der Waals surface area contributed by atoms with E-state index < -0.39 is 5.92 Å². The molecule has 5 rings (SSSR count). The van der Waals surface area contributed by atoms with Crippen molar-refractivity contribution in [1.29, 1.82) is 0 Å². The third kappa shape index (κ3) is 5.39. The van der Waals surface area contributed by atoms with Gasteiger partial charge in [0.1, 0.15) is 0 Å². The van der Waals surface area contributed by atoms with Crippen molar-refractivity contribution in [3.63, 3.8) is 0 Å². The van der Waals surface area contributed by atoms with Crippen molar-refractivity contribution >= 4 is 28.4 Å². The zero-order valence-corrected chi connectivity index (χ0v) is 20.0. The molecule has 7 heteroatoms. The van der Waals surface area contributed by atoms with E-state index in [0.717, 1.165) is 40.8 Å². The van der Waals surface area contributed by atoms with Gasteiger partial charge in [0.2, 0.25) is 11.8 Å². The molecule has 2 unspecified atom stereocenters. The highest BCUT2D eigenvalue weighted by Crippen LogP contribution is 2.37. The van der Waals surface area contributed by atoms with Gasteiger partial charge in [0.25, 0.3) is 0 Å². The maximum absolute atomic E-state index is 12.8. The van der Waals surface area contributed by atoms with E-state index in [1.165, 1.54) is 12.8 Å². The number of amides is 2. The van der Waals surface area contributed by atoms with Crippen LogP contribution in [0.25, 0.3) is 10.9 Å². The lowest BCUT2D eigenvalue weighted by atomic mass is 9.83. The minimum absolute atomic E-state index is 0.0740. The van der Waals surface area contributed by atoms with Crippen molar-refractivity contribution in [2.75, 3.05) is 19.0 Å². The average Bonchev–Trinajstić information content (AvgIpc) is 3.38. The molecule has 2 aromatic carbocycles. The quantitative estimate of drug-likeness (QED) is 0.514. The van der Waals surface area contributed by atoms with Crippen LogP contribution in [0.4, 0.5) is 5.69 Å². The topological polar surface area (TPSA) is 89.5 Å². The number of carbonyl (C=O) groups is 2. The molecule has 1 aromatic heterocycles. The summed E-state index contributed by atoms with van der Waals surface area (Å²) in [6, 6.07) is 15.4. The fourth-order valence-corrected chi connectivity index (χ4v) is 5.15. The Kier molecular flexibility index (Phi) is 6.84. The normalized spacial score (nSPS) is 20.4. The lowest BCUT2D eigenvalue weighted by Gasteiger charge is -2.30. The molecule has 0 bridgehead atoms. The predicted octanol–water partition coefficient (Wildman–Crippen LogP) is 4.81. The first-order chi connectivity index (χ1) is 17.1. The van der Waals surface area contributed by atoms with Crippen LogP contribution < -0.4 is 20.1 Å². The summed E-state index contributed by atoms with van der Waals surface area (Å²) in [6.07, 6.45) is 7.24. The molecule has 2 aliphatic rings. The molecule has 35 heavy (non-hydrogen) atoms. The Morgan fingerprint density at radius 2 is 1.97 bits per heavy atom. The van der Waals surface area contributed by atoms with E-state index in [-0.39, 0.29) is 30.3 Å². The van der Waals surface area contributed by atoms with Gasteiger partial charge in [0, 0.05) is 42.1 Å². The number of hydrogen-bond donors (Lipinski definition) is 2. The predicted molar refractivity (Wildman–Crippen MR) is 135 cm³/mol. The van der Waals surface area contributed by atoms with Crippen LogP contribution in [0.1, 0.15) is 50.0 Å². The molecule has 2 amide bonds. The summed E-state index contributed by atoms with van der Waals surface area (Å²) in [5.41, 5.74) is 2.66. The Bertz CT molecular complexity index is 1220. The maximum atomic E-state index is 12.8. The Balaban J connectivity index is 1.25. The number of aromatic nitrogens is 1. The molecular formula is C28H31N3O4. The van der Waals surface area contributed by atoms with Crippen molar-refractivity contribution in [2.24, 2.45) is 5.92 Å².